The van der Waals surface area contributed by atoms with Crippen LogP contribution in [0.3, 0.4) is 0 Å². The molecule has 2 rings (SSSR count). The summed E-state index contributed by atoms with van der Waals surface area (Å²) in [6, 6.07) is 5.89. The topological polar surface area (TPSA) is 61.2 Å². The second-order valence-corrected chi connectivity index (χ2v) is 5.65. The number of oxazole rings is 1. The quantitative estimate of drug-likeness (QED) is 0.748. The Labute approximate surface area is 125 Å². The molecular formula is C17H26N2O2. The van der Waals surface area contributed by atoms with Crippen LogP contribution in [0.1, 0.15) is 64.0 Å². The first-order valence-corrected chi connectivity index (χ1v) is 8.06. The van der Waals surface area contributed by atoms with E-state index in [1.807, 2.05) is 25.1 Å². The Morgan fingerprint density at radius 1 is 1.19 bits per heavy atom. The Kier molecular flexibility index (Phi) is 5.62. The molecule has 0 aliphatic rings. The van der Waals surface area contributed by atoms with E-state index in [-0.39, 0.29) is 11.8 Å². The molecule has 0 aliphatic heterocycles. The van der Waals surface area contributed by atoms with Crippen molar-refractivity contribution in [1.29, 1.82) is 0 Å². The van der Waals surface area contributed by atoms with Gasteiger partial charge in [-0.25, -0.2) is 4.79 Å². The maximum atomic E-state index is 11.7. The molecule has 21 heavy (non-hydrogen) atoms. The highest BCUT2D eigenvalue weighted by molar-refractivity contribution is 5.73. The molecule has 0 bridgehead atoms. The summed E-state index contributed by atoms with van der Waals surface area (Å²) in [7, 11) is 0. The van der Waals surface area contributed by atoms with Crippen LogP contribution in [0.2, 0.25) is 0 Å². The van der Waals surface area contributed by atoms with Gasteiger partial charge in [0.1, 0.15) is 0 Å². The summed E-state index contributed by atoms with van der Waals surface area (Å²) in [5, 5.41) is 0. The molecule has 1 unspecified atom stereocenters. The lowest BCUT2D eigenvalue weighted by atomic mass is 10.0. The van der Waals surface area contributed by atoms with Gasteiger partial charge in [0.25, 0.3) is 0 Å². The van der Waals surface area contributed by atoms with E-state index in [9.17, 15) is 4.79 Å². The van der Waals surface area contributed by atoms with Crippen LogP contribution in [-0.4, -0.2) is 4.57 Å². The van der Waals surface area contributed by atoms with Gasteiger partial charge in [0.2, 0.25) is 0 Å². The van der Waals surface area contributed by atoms with Crippen molar-refractivity contribution in [3.05, 3.63) is 34.3 Å². The van der Waals surface area contributed by atoms with Crippen molar-refractivity contribution in [3.63, 3.8) is 0 Å². The smallest absolute Gasteiger partial charge is 0.408 e. The minimum absolute atomic E-state index is 0.0197. The number of aryl methyl sites for hydroxylation is 1. The molecule has 0 fully saturated rings. The molecule has 0 amide bonds. The molecule has 1 aromatic heterocycles. The first-order chi connectivity index (χ1) is 10.2. The SMILES string of the molecule is CCCCCCCC(N)c1ccc2c(c1)oc(=O)n2CC. The predicted molar refractivity (Wildman–Crippen MR) is 86.5 cm³/mol. The fourth-order valence-corrected chi connectivity index (χ4v) is 2.75. The van der Waals surface area contributed by atoms with Crippen LogP contribution in [0.5, 0.6) is 0 Å². The van der Waals surface area contributed by atoms with Gasteiger partial charge in [-0.2, -0.15) is 0 Å². The summed E-state index contributed by atoms with van der Waals surface area (Å²) in [6.07, 6.45) is 7.22. The number of benzene rings is 1. The van der Waals surface area contributed by atoms with E-state index in [1.165, 1.54) is 25.7 Å². The highest BCUT2D eigenvalue weighted by Crippen LogP contribution is 2.22. The van der Waals surface area contributed by atoms with Crippen molar-refractivity contribution < 1.29 is 4.42 Å². The lowest BCUT2D eigenvalue weighted by molar-refractivity contribution is 0.512. The average molecular weight is 290 g/mol. The van der Waals surface area contributed by atoms with Crippen LogP contribution >= 0.6 is 0 Å². The van der Waals surface area contributed by atoms with E-state index in [4.69, 9.17) is 10.2 Å². The molecule has 1 atom stereocenters. The molecule has 0 saturated carbocycles. The largest absolute Gasteiger partial charge is 0.419 e. The Balaban J connectivity index is 2.03. The van der Waals surface area contributed by atoms with Gasteiger partial charge in [-0.1, -0.05) is 45.1 Å². The van der Waals surface area contributed by atoms with Crippen LogP contribution in [0.4, 0.5) is 0 Å². The van der Waals surface area contributed by atoms with Gasteiger partial charge in [-0.15, -0.1) is 0 Å². The predicted octanol–water partition coefficient (Wildman–Crippen LogP) is 3.97. The first kappa shape index (κ1) is 15.8. The molecular weight excluding hydrogens is 264 g/mol. The van der Waals surface area contributed by atoms with Crippen molar-refractivity contribution in [2.24, 2.45) is 5.73 Å². The van der Waals surface area contributed by atoms with E-state index in [0.29, 0.717) is 12.1 Å². The molecule has 4 nitrogen and oxygen atoms in total. The van der Waals surface area contributed by atoms with Gasteiger partial charge in [0.05, 0.1) is 5.52 Å². The standard InChI is InChI=1S/C17H26N2O2/c1-3-5-6-7-8-9-14(18)13-10-11-15-16(12-13)21-17(20)19(15)4-2/h10-12,14H,3-9,18H2,1-2H3. The number of hydrogen-bond acceptors (Lipinski definition) is 3. The highest BCUT2D eigenvalue weighted by atomic mass is 16.4. The summed E-state index contributed by atoms with van der Waals surface area (Å²) >= 11 is 0. The van der Waals surface area contributed by atoms with Gasteiger partial charge in [-0.3, -0.25) is 4.57 Å². The number of nitrogens with zero attached hydrogens (tertiary/aromatic N) is 1. The molecule has 0 spiro atoms. The van der Waals surface area contributed by atoms with Crippen LogP contribution in [0.25, 0.3) is 11.1 Å². The monoisotopic (exact) mass is 290 g/mol. The molecule has 0 radical (unpaired) electrons. The summed E-state index contributed by atoms with van der Waals surface area (Å²) in [4.78, 5) is 11.7. The van der Waals surface area contributed by atoms with E-state index in [1.54, 1.807) is 4.57 Å². The van der Waals surface area contributed by atoms with Crippen LogP contribution < -0.4 is 11.5 Å². The molecule has 2 aromatic rings. The zero-order chi connectivity index (χ0) is 15.2. The third kappa shape index (κ3) is 3.76. The summed E-state index contributed by atoms with van der Waals surface area (Å²) in [5.74, 6) is -0.294. The number of aromatic nitrogens is 1. The van der Waals surface area contributed by atoms with Crippen LogP contribution in [-0.2, 0) is 6.54 Å². The second kappa shape index (κ2) is 7.46. The molecule has 2 N–H and O–H groups in total. The first-order valence-electron chi connectivity index (χ1n) is 8.06. The van der Waals surface area contributed by atoms with Gasteiger partial charge < -0.3 is 10.2 Å². The molecule has 0 aliphatic carbocycles. The maximum absolute atomic E-state index is 11.7. The molecule has 4 heteroatoms. The van der Waals surface area contributed by atoms with Crippen LogP contribution in [0.15, 0.2) is 27.4 Å². The Bertz CT molecular complexity index is 627. The Morgan fingerprint density at radius 3 is 2.67 bits per heavy atom. The van der Waals surface area contributed by atoms with E-state index < -0.39 is 0 Å². The number of rotatable bonds is 8. The Hall–Kier alpha value is -1.55. The fourth-order valence-electron chi connectivity index (χ4n) is 2.75. The zero-order valence-corrected chi connectivity index (χ0v) is 13.1. The fraction of sp³-hybridized carbons (Fsp3) is 0.588. The van der Waals surface area contributed by atoms with Crippen molar-refractivity contribution in [2.45, 2.75) is 65.0 Å². The second-order valence-electron chi connectivity index (χ2n) is 5.65. The third-order valence-corrected chi connectivity index (χ3v) is 4.06. The molecule has 116 valence electrons. The molecule has 1 aromatic carbocycles. The number of hydrogen-bond donors (Lipinski definition) is 1. The van der Waals surface area contributed by atoms with Gasteiger partial charge in [-0.05, 0) is 31.0 Å². The minimum atomic E-state index is -0.294. The average Bonchev–Trinajstić information content (AvgIpc) is 2.80. The lowest BCUT2D eigenvalue weighted by Crippen LogP contribution is -2.12. The van der Waals surface area contributed by atoms with E-state index in [0.717, 1.165) is 23.9 Å². The van der Waals surface area contributed by atoms with Crippen molar-refractivity contribution in [2.75, 3.05) is 0 Å². The van der Waals surface area contributed by atoms with Crippen molar-refractivity contribution in [1.82, 2.24) is 4.57 Å². The minimum Gasteiger partial charge on any atom is -0.408 e. The lowest BCUT2D eigenvalue weighted by Gasteiger charge is -2.11. The van der Waals surface area contributed by atoms with Gasteiger partial charge in [0.15, 0.2) is 5.58 Å². The third-order valence-electron chi connectivity index (χ3n) is 4.06. The highest BCUT2D eigenvalue weighted by Gasteiger charge is 2.11. The normalized spacial score (nSPS) is 12.9. The zero-order valence-electron chi connectivity index (χ0n) is 13.1. The number of nitrogens with two attached hydrogens (primary N) is 1. The summed E-state index contributed by atoms with van der Waals surface area (Å²) in [5.41, 5.74) is 8.79. The van der Waals surface area contributed by atoms with Crippen molar-refractivity contribution in [3.8, 4) is 0 Å². The molecule has 0 saturated heterocycles. The van der Waals surface area contributed by atoms with Crippen LogP contribution in [0, 0.1) is 0 Å². The van der Waals surface area contributed by atoms with Gasteiger partial charge in [0, 0.05) is 12.6 Å². The molecule has 1 heterocycles. The number of fused-ring (bicyclic) bond motifs is 1. The van der Waals surface area contributed by atoms with E-state index >= 15 is 0 Å². The summed E-state index contributed by atoms with van der Waals surface area (Å²) < 4.78 is 6.92. The number of unbranched alkanes of at least 4 members (excludes halogenated alkanes) is 4. The van der Waals surface area contributed by atoms with Crippen molar-refractivity contribution >= 4 is 11.1 Å². The Morgan fingerprint density at radius 2 is 1.95 bits per heavy atom. The maximum Gasteiger partial charge on any atom is 0.419 e. The van der Waals surface area contributed by atoms with Gasteiger partial charge >= 0.3 is 5.76 Å². The summed E-state index contributed by atoms with van der Waals surface area (Å²) in [6.45, 7) is 4.78. The van der Waals surface area contributed by atoms with E-state index in [2.05, 4.69) is 6.92 Å².